The Hall–Kier alpha value is -0.0900. The largest absolute Gasteiger partial charge is 0.143 e. The Balaban J connectivity index is 2.79. The summed E-state index contributed by atoms with van der Waals surface area (Å²) in [6, 6.07) is 0. The molecule has 0 nitrogen and oxygen atoms in total. The molecule has 0 unspecified atom stereocenters. The van der Waals surface area contributed by atoms with Crippen molar-refractivity contribution in [2.75, 3.05) is 5.75 Å². The summed E-state index contributed by atoms with van der Waals surface area (Å²) in [4.78, 5) is 0. The molecule has 0 aliphatic carbocycles. The molecule has 0 aliphatic heterocycles. The lowest BCUT2D eigenvalue weighted by molar-refractivity contribution is 1.11. The zero-order valence-corrected chi connectivity index (χ0v) is 6.22. The van der Waals surface area contributed by atoms with Gasteiger partial charge in [0.05, 0.1) is 5.75 Å². The van der Waals surface area contributed by atoms with Crippen LogP contribution in [0.3, 0.4) is 0 Å². The summed E-state index contributed by atoms with van der Waals surface area (Å²) >= 11 is 1.78. The zero-order chi connectivity index (χ0) is 6.24. The lowest BCUT2D eigenvalue weighted by Gasteiger charge is -1.86. The maximum Gasteiger partial charge on any atom is 0.0885 e. The van der Waals surface area contributed by atoms with Crippen LogP contribution in [0.4, 0.5) is 0 Å². The number of hydrogen-bond donors (Lipinski definition) is 0. The quantitative estimate of drug-likeness (QED) is 0.414. The summed E-state index contributed by atoms with van der Waals surface area (Å²) in [5.41, 5.74) is 0. The van der Waals surface area contributed by atoms with Gasteiger partial charge in [0.25, 0.3) is 0 Å². The summed E-state index contributed by atoms with van der Waals surface area (Å²) in [7, 11) is 0. The van der Waals surface area contributed by atoms with E-state index in [1.165, 1.54) is 12.2 Å². The lowest BCUT2D eigenvalue weighted by Crippen LogP contribution is -1.69. The Morgan fingerprint density at radius 2 is 2.38 bits per heavy atom. The molecule has 0 aromatic rings. The normalized spacial score (nSPS) is 7.75. The van der Waals surface area contributed by atoms with E-state index in [4.69, 9.17) is 0 Å². The summed E-state index contributed by atoms with van der Waals surface area (Å²) in [5.74, 6) is 8.81. The highest BCUT2D eigenvalue weighted by Gasteiger charge is 1.78. The average Bonchev–Trinajstić information content (AvgIpc) is 1.81. The minimum Gasteiger partial charge on any atom is -0.143 e. The van der Waals surface area contributed by atoms with E-state index in [1.807, 2.05) is 12.7 Å². The first-order valence-electron chi connectivity index (χ1n) is 2.77. The molecule has 0 atom stereocenters. The van der Waals surface area contributed by atoms with Crippen LogP contribution in [0.5, 0.6) is 0 Å². The van der Waals surface area contributed by atoms with Gasteiger partial charge in [-0.3, -0.25) is 0 Å². The van der Waals surface area contributed by atoms with Gasteiger partial charge < -0.3 is 0 Å². The smallest absolute Gasteiger partial charge is 0.0885 e. The third kappa shape index (κ3) is 5.91. The molecule has 0 aromatic heterocycles. The molecule has 0 heterocycles. The molecule has 1 radical (unpaired) electrons. The van der Waals surface area contributed by atoms with Gasteiger partial charge in [-0.05, 0) is 19.1 Å². The van der Waals surface area contributed by atoms with Crippen LogP contribution < -0.4 is 0 Å². The van der Waals surface area contributed by atoms with Crippen molar-refractivity contribution in [3.63, 3.8) is 0 Å². The van der Waals surface area contributed by atoms with Gasteiger partial charge in [0.2, 0.25) is 0 Å². The van der Waals surface area contributed by atoms with Crippen molar-refractivity contribution < 1.29 is 0 Å². The third-order valence-electron chi connectivity index (χ3n) is 0.609. The molecule has 0 saturated heterocycles. The fourth-order valence-corrected chi connectivity index (χ4v) is 0.832. The highest BCUT2D eigenvalue weighted by atomic mass is 32.2. The molecule has 0 rings (SSSR count). The van der Waals surface area contributed by atoms with E-state index in [0.717, 1.165) is 0 Å². The molecule has 0 amide bonds. The lowest BCUT2D eigenvalue weighted by atomic mass is 10.6. The zero-order valence-electron chi connectivity index (χ0n) is 5.40. The van der Waals surface area contributed by atoms with E-state index in [0.29, 0.717) is 0 Å². The molecule has 0 aliphatic rings. The first-order chi connectivity index (χ1) is 3.91. The molecule has 0 N–H and O–H groups in total. The minimum absolute atomic E-state index is 1.19. The Labute approximate surface area is 56.1 Å². The monoisotopic (exact) mass is 127 g/mol. The minimum atomic E-state index is 1.19. The fourth-order valence-electron chi connectivity index (χ4n) is 0.277. The van der Waals surface area contributed by atoms with Gasteiger partial charge in [-0.2, -0.15) is 0 Å². The Kier molecular flexibility index (Phi) is 6.83. The van der Waals surface area contributed by atoms with Crippen LogP contribution in [0.2, 0.25) is 0 Å². The maximum atomic E-state index is 2.87. The molecule has 8 heavy (non-hydrogen) atoms. The summed E-state index contributed by atoms with van der Waals surface area (Å²) in [5, 5.41) is 0. The van der Waals surface area contributed by atoms with E-state index >= 15 is 0 Å². The van der Waals surface area contributed by atoms with Gasteiger partial charge in [0, 0.05) is 0 Å². The van der Waals surface area contributed by atoms with E-state index < -0.39 is 0 Å². The summed E-state index contributed by atoms with van der Waals surface area (Å²) < 4.78 is 0. The van der Waals surface area contributed by atoms with Gasteiger partial charge in [-0.1, -0.05) is 12.8 Å². The number of hydrogen-bond acceptors (Lipinski definition) is 1. The Bertz CT molecular complexity index is 86.3. The van der Waals surface area contributed by atoms with Crippen LogP contribution in [0.15, 0.2) is 0 Å². The second-order valence-electron chi connectivity index (χ2n) is 1.38. The van der Waals surface area contributed by atoms with Crippen LogP contribution >= 0.6 is 11.8 Å². The van der Waals surface area contributed by atoms with Crippen molar-refractivity contribution in [1.82, 2.24) is 0 Å². The number of rotatable bonds is 3. The van der Waals surface area contributed by atoms with Gasteiger partial charge in [-0.15, -0.1) is 17.7 Å². The average molecular weight is 127 g/mol. The summed E-state index contributed by atoms with van der Waals surface area (Å²) in [6.07, 6.45) is 1.23. The first-order valence-corrected chi connectivity index (χ1v) is 3.82. The second kappa shape index (κ2) is 6.91. The topological polar surface area (TPSA) is 0 Å². The van der Waals surface area contributed by atoms with Gasteiger partial charge in [-0.25, -0.2) is 0 Å². The number of thioether (sulfide) groups is 1. The van der Waals surface area contributed by atoms with Crippen LogP contribution in [0, 0.1) is 17.6 Å². The van der Waals surface area contributed by atoms with Crippen molar-refractivity contribution >= 4 is 11.8 Å². The van der Waals surface area contributed by atoms with Crippen LogP contribution in [-0.2, 0) is 0 Å². The van der Waals surface area contributed by atoms with Crippen molar-refractivity contribution in [2.24, 2.45) is 0 Å². The predicted octanol–water partition coefficient (Wildman–Crippen LogP) is 2.31. The van der Waals surface area contributed by atoms with Crippen LogP contribution in [0.25, 0.3) is 0 Å². The Morgan fingerprint density at radius 3 is 2.88 bits per heavy atom. The summed E-state index contributed by atoms with van der Waals surface area (Å²) in [6.45, 7) is 4.02. The third-order valence-corrected chi connectivity index (χ3v) is 1.54. The van der Waals surface area contributed by atoms with Gasteiger partial charge in [0.15, 0.2) is 0 Å². The molecule has 0 aromatic carbocycles. The second-order valence-corrected chi connectivity index (χ2v) is 2.36. The van der Waals surface area contributed by atoms with Crippen LogP contribution in [-0.4, -0.2) is 5.75 Å². The SMILES string of the molecule is CC#C[CH]SCCC. The molecule has 1 heteroatoms. The highest BCUT2D eigenvalue weighted by molar-refractivity contribution is 8.01. The van der Waals surface area contributed by atoms with Crippen molar-refractivity contribution in [2.45, 2.75) is 20.3 Å². The first kappa shape index (κ1) is 7.91. The van der Waals surface area contributed by atoms with E-state index in [-0.39, 0.29) is 0 Å². The molecule has 0 spiro atoms. The van der Waals surface area contributed by atoms with Gasteiger partial charge in [0.1, 0.15) is 0 Å². The molecule has 45 valence electrons. The molecule has 0 saturated carbocycles. The van der Waals surface area contributed by atoms with Gasteiger partial charge >= 0.3 is 0 Å². The molecular formula is C7H11S. The molecule has 0 fully saturated rings. The van der Waals surface area contributed by atoms with E-state index in [9.17, 15) is 0 Å². The van der Waals surface area contributed by atoms with E-state index in [1.54, 1.807) is 11.8 Å². The fraction of sp³-hybridized carbons (Fsp3) is 0.571. The molecule has 0 bridgehead atoms. The van der Waals surface area contributed by atoms with Crippen molar-refractivity contribution in [1.29, 1.82) is 0 Å². The highest BCUT2D eigenvalue weighted by Crippen LogP contribution is 2.03. The van der Waals surface area contributed by atoms with Crippen LogP contribution in [0.1, 0.15) is 20.3 Å². The van der Waals surface area contributed by atoms with E-state index in [2.05, 4.69) is 18.8 Å². The predicted molar refractivity (Wildman–Crippen MR) is 40.5 cm³/mol. The van der Waals surface area contributed by atoms with Crippen molar-refractivity contribution in [3.05, 3.63) is 5.75 Å². The Morgan fingerprint density at radius 1 is 1.62 bits per heavy atom. The maximum absolute atomic E-state index is 2.87. The molecular weight excluding hydrogens is 116 g/mol. The van der Waals surface area contributed by atoms with Crippen molar-refractivity contribution in [3.8, 4) is 11.8 Å². The standard InChI is InChI=1S/C7H11S/c1-3-5-7-8-6-4-2/h7H,4,6H2,1-2H3.